The van der Waals surface area contributed by atoms with Gasteiger partial charge in [0.25, 0.3) is 0 Å². The van der Waals surface area contributed by atoms with Crippen LogP contribution in [0.5, 0.6) is 0 Å². The Bertz CT molecular complexity index is 573. The average Bonchev–Trinajstić information content (AvgIpc) is 2.77. The maximum absolute atomic E-state index is 11.1. The average molecular weight is 429 g/mol. The first kappa shape index (κ1) is 25.8. The summed E-state index contributed by atoms with van der Waals surface area (Å²) >= 11 is 0. The van der Waals surface area contributed by atoms with E-state index in [1.54, 1.807) is 0 Å². The lowest BCUT2D eigenvalue weighted by atomic mass is 9.61. The van der Waals surface area contributed by atoms with Gasteiger partial charge < -0.3 is 10.2 Å². The summed E-state index contributed by atoms with van der Waals surface area (Å²) in [5, 5.41) is 22.1. The lowest BCUT2D eigenvalue weighted by molar-refractivity contribution is 0.0821. The van der Waals surface area contributed by atoms with Crippen molar-refractivity contribution < 1.29 is 10.2 Å². The van der Waals surface area contributed by atoms with Gasteiger partial charge in [0.15, 0.2) is 0 Å². The third kappa shape index (κ3) is 7.88. The van der Waals surface area contributed by atoms with Gasteiger partial charge in [0.1, 0.15) is 0 Å². The monoisotopic (exact) mass is 428 g/mol. The molecule has 0 aromatic rings. The van der Waals surface area contributed by atoms with Gasteiger partial charge >= 0.3 is 0 Å². The molecule has 2 rings (SSSR count). The zero-order valence-corrected chi connectivity index (χ0v) is 20.4. The summed E-state index contributed by atoms with van der Waals surface area (Å²) in [7, 11) is 0. The van der Waals surface area contributed by atoms with Crippen molar-refractivity contribution in [2.45, 2.75) is 123 Å². The molecule has 0 aliphatic heterocycles. The fraction of sp³-hybridized carbons (Fsp3) is 0.724. The van der Waals surface area contributed by atoms with Crippen LogP contribution in [0.1, 0.15) is 123 Å². The van der Waals surface area contributed by atoms with Crippen molar-refractivity contribution in [2.75, 3.05) is 0 Å². The molecular formula is C29H48O2. The second-order valence-electron chi connectivity index (χ2n) is 10.1. The zero-order chi connectivity index (χ0) is 22.4. The summed E-state index contributed by atoms with van der Waals surface area (Å²) in [4.78, 5) is 0. The van der Waals surface area contributed by atoms with Crippen molar-refractivity contribution in [1.29, 1.82) is 0 Å². The van der Waals surface area contributed by atoms with E-state index in [1.807, 2.05) is 24.3 Å². The molecule has 2 N–H and O–H groups in total. The summed E-state index contributed by atoms with van der Waals surface area (Å²) in [6.45, 7) is 4.52. The minimum atomic E-state index is -0.227. The molecule has 31 heavy (non-hydrogen) atoms. The van der Waals surface area contributed by atoms with Gasteiger partial charge in [-0.3, -0.25) is 0 Å². The van der Waals surface area contributed by atoms with E-state index < -0.39 is 0 Å². The number of aliphatic hydroxyl groups is 2. The lowest BCUT2D eigenvalue weighted by Gasteiger charge is -2.44. The van der Waals surface area contributed by atoms with Crippen LogP contribution < -0.4 is 0 Å². The molecule has 0 saturated carbocycles. The van der Waals surface area contributed by atoms with Crippen molar-refractivity contribution >= 4 is 0 Å². The molecule has 2 atom stereocenters. The molecule has 0 spiro atoms. The molecule has 2 aliphatic rings. The number of allylic oxidation sites excluding steroid dienone is 8. The van der Waals surface area contributed by atoms with E-state index in [1.165, 1.54) is 64.2 Å². The molecule has 0 heterocycles. The predicted molar refractivity (Wildman–Crippen MR) is 134 cm³/mol. The van der Waals surface area contributed by atoms with Crippen LogP contribution in [0.2, 0.25) is 0 Å². The number of hydrogen-bond acceptors (Lipinski definition) is 2. The Kier molecular flexibility index (Phi) is 11.5. The van der Waals surface area contributed by atoms with Crippen molar-refractivity contribution in [3.05, 3.63) is 48.0 Å². The fourth-order valence-corrected chi connectivity index (χ4v) is 5.57. The topological polar surface area (TPSA) is 40.5 Å². The van der Waals surface area contributed by atoms with E-state index in [4.69, 9.17) is 0 Å². The van der Waals surface area contributed by atoms with Gasteiger partial charge in [0.2, 0.25) is 0 Å². The molecule has 0 amide bonds. The molecule has 0 radical (unpaired) electrons. The van der Waals surface area contributed by atoms with E-state index in [9.17, 15) is 10.2 Å². The van der Waals surface area contributed by atoms with Crippen molar-refractivity contribution in [2.24, 2.45) is 10.8 Å². The van der Waals surface area contributed by atoms with Crippen LogP contribution in [0.15, 0.2) is 48.0 Å². The summed E-state index contributed by atoms with van der Waals surface area (Å²) < 4.78 is 0. The number of unbranched alkanes of at least 4 members (excludes halogenated alkanes) is 10. The highest BCUT2D eigenvalue weighted by molar-refractivity contribution is 5.27. The van der Waals surface area contributed by atoms with Crippen LogP contribution in [-0.4, -0.2) is 10.2 Å². The molecule has 0 aromatic carbocycles. The van der Waals surface area contributed by atoms with Gasteiger partial charge in [-0.15, -0.1) is 0 Å². The first-order valence-electron chi connectivity index (χ1n) is 13.2. The molecule has 0 saturated heterocycles. The van der Waals surface area contributed by atoms with Crippen LogP contribution in [0, 0.1) is 10.8 Å². The smallest absolute Gasteiger partial charge is 0.0987 e. The van der Waals surface area contributed by atoms with Crippen molar-refractivity contribution in [3.8, 4) is 0 Å². The molecule has 0 aromatic heterocycles. The Hall–Kier alpha value is -1.44. The molecule has 2 unspecified atom stereocenters. The number of hydrogen-bond donors (Lipinski definition) is 2. The second kappa shape index (κ2) is 13.9. The fourth-order valence-electron chi connectivity index (χ4n) is 5.57. The van der Waals surface area contributed by atoms with Gasteiger partial charge in [-0.25, -0.2) is 0 Å². The van der Waals surface area contributed by atoms with Crippen LogP contribution in [0.3, 0.4) is 0 Å². The van der Waals surface area contributed by atoms with Crippen LogP contribution >= 0.6 is 0 Å². The van der Waals surface area contributed by atoms with Crippen LogP contribution in [-0.2, 0) is 0 Å². The van der Waals surface area contributed by atoms with E-state index >= 15 is 0 Å². The molecule has 0 fully saturated rings. The quantitative estimate of drug-likeness (QED) is 0.240. The summed E-state index contributed by atoms with van der Waals surface area (Å²) in [6, 6.07) is 0. The van der Waals surface area contributed by atoms with E-state index in [2.05, 4.69) is 26.0 Å². The third-order valence-corrected chi connectivity index (χ3v) is 7.58. The molecule has 176 valence electrons. The first-order chi connectivity index (χ1) is 15.1. The van der Waals surface area contributed by atoms with E-state index in [0.29, 0.717) is 11.5 Å². The van der Waals surface area contributed by atoms with Crippen molar-refractivity contribution in [1.82, 2.24) is 0 Å². The van der Waals surface area contributed by atoms with Gasteiger partial charge in [-0.05, 0) is 44.3 Å². The largest absolute Gasteiger partial charge is 0.512 e. The maximum atomic E-state index is 11.1. The first-order valence-corrected chi connectivity index (χ1v) is 13.2. The molecule has 2 aliphatic carbocycles. The standard InChI is InChI=1S/C29H48O2/c1-3-5-7-9-11-15-21-28(23-17-13-19-26(28)30)25-29(24-18-14-20-27(29)31)22-16-12-10-8-6-4-2/h13-14,17-20,30-31H,3-12,15-16,21-25H2,1-2H3. The van der Waals surface area contributed by atoms with Gasteiger partial charge in [0.05, 0.1) is 11.5 Å². The van der Waals surface area contributed by atoms with Crippen LogP contribution in [0.4, 0.5) is 0 Å². The summed E-state index contributed by atoms with van der Waals surface area (Å²) in [5.74, 6) is 1.07. The zero-order valence-electron chi connectivity index (χ0n) is 20.4. The third-order valence-electron chi connectivity index (χ3n) is 7.58. The minimum Gasteiger partial charge on any atom is -0.512 e. The Labute approximate surface area is 192 Å². The molecule has 2 nitrogen and oxygen atoms in total. The number of rotatable bonds is 16. The maximum Gasteiger partial charge on any atom is 0.0987 e. The highest BCUT2D eigenvalue weighted by Crippen LogP contribution is 2.53. The highest BCUT2D eigenvalue weighted by Gasteiger charge is 2.45. The lowest BCUT2D eigenvalue weighted by Crippen LogP contribution is -2.36. The summed E-state index contributed by atoms with van der Waals surface area (Å²) in [5.41, 5.74) is -0.455. The molecule has 2 heteroatoms. The molecule has 0 bridgehead atoms. The Morgan fingerprint density at radius 2 is 1.00 bits per heavy atom. The van der Waals surface area contributed by atoms with Crippen LogP contribution in [0.25, 0.3) is 0 Å². The Morgan fingerprint density at radius 3 is 1.39 bits per heavy atom. The molecular weight excluding hydrogens is 380 g/mol. The van der Waals surface area contributed by atoms with Gasteiger partial charge in [-0.1, -0.05) is 115 Å². The Balaban J connectivity index is 2.06. The number of aliphatic hydroxyl groups excluding tert-OH is 2. The SMILES string of the molecule is CCCCCCCCC1(CC2(CCCCCCCC)CC=CC=C2O)CC=CC=C1O. The van der Waals surface area contributed by atoms with E-state index in [0.717, 1.165) is 44.9 Å². The van der Waals surface area contributed by atoms with Gasteiger partial charge in [0, 0.05) is 10.8 Å². The van der Waals surface area contributed by atoms with Gasteiger partial charge in [-0.2, -0.15) is 0 Å². The Morgan fingerprint density at radius 1 is 0.613 bits per heavy atom. The summed E-state index contributed by atoms with van der Waals surface area (Å²) in [6.07, 6.45) is 32.1. The predicted octanol–water partition coefficient (Wildman–Crippen LogP) is 9.65. The minimum absolute atomic E-state index is 0.227. The highest BCUT2D eigenvalue weighted by atomic mass is 16.3. The van der Waals surface area contributed by atoms with E-state index in [-0.39, 0.29) is 10.8 Å². The second-order valence-corrected chi connectivity index (χ2v) is 10.1. The normalized spacial score (nSPS) is 25.5. The van der Waals surface area contributed by atoms with Crippen molar-refractivity contribution in [3.63, 3.8) is 0 Å².